The third-order valence-corrected chi connectivity index (χ3v) is 5.93. The van der Waals surface area contributed by atoms with Crippen molar-refractivity contribution in [1.29, 1.82) is 0 Å². The Kier molecular flexibility index (Phi) is 5.60. The van der Waals surface area contributed by atoms with Crippen LogP contribution in [0.2, 0.25) is 0 Å². The van der Waals surface area contributed by atoms with Gasteiger partial charge in [-0.3, -0.25) is 0 Å². The summed E-state index contributed by atoms with van der Waals surface area (Å²) >= 11 is 0. The summed E-state index contributed by atoms with van der Waals surface area (Å²) in [6.07, 6.45) is 7.73. The molecular formula is C23H31N. The highest BCUT2D eigenvalue weighted by molar-refractivity contribution is 5.40. The van der Waals surface area contributed by atoms with Gasteiger partial charge in [-0.25, -0.2) is 0 Å². The zero-order valence-corrected chi connectivity index (χ0v) is 15.2. The van der Waals surface area contributed by atoms with Crippen molar-refractivity contribution >= 4 is 5.69 Å². The number of nitrogens with two attached hydrogens (primary N) is 1. The number of anilines is 1. The first-order chi connectivity index (χ1) is 11.7. The summed E-state index contributed by atoms with van der Waals surface area (Å²) < 4.78 is 0. The standard InChI is InChI=1S/C23H31N/c1-3-4-18-5-7-19(8-6-18)17(2)20-9-11-21(12-10-20)22-13-15-23(24)16-14-22/h5-8,13-17,20-21H,3-4,9-12,24H2,1-2H3. The molecule has 0 amide bonds. The van der Waals surface area contributed by atoms with E-state index in [1.54, 1.807) is 0 Å². The first-order valence-corrected chi connectivity index (χ1v) is 9.61. The van der Waals surface area contributed by atoms with Crippen molar-refractivity contribution in [2.45, 2.75) is 64.2 Å². The molecule has 0 bridgehead atoms. The Morgan fingerprint density at radius 3 is 2.12 bits per heavy atom. The summed E-state index contributed by atoms with van der Waals surface area (Å²) in [5.41, 5.74) is 11.1. The van der Waals surface area contributed by atoms with Gasteiger partial charge in [-0.05, 0) is 78.7 Å². The maximum absolute atomic E-state index is 5.81. The van der Waals surface area contributed by atoms with Gasteiger partial charge in [-0.2, -0.15) is 0 Å². The second kappa shape index (κ2) is 7.88. The van der Waals surface area contributed by atoms with E-state index in [2.05, 4.69) is 50.2 Å². The zero-order chi connectivity index (χ0) is 16.9. The minimum Gasteiger partial charge on any atom is -0.399 e. The highest BCUT2D eigenvalue weighted by Crippen LogP contribution is 2.41. The zero-order valence-electron chi connectivity index (χ0n) is 15.2. The summed E-state index contributed by atoms with van der Waals surface area (Å²) in [7, 11) is 0. The molecule has 1 aliphatic carbocycles. The van der Waals surface area contributed by atoms with Crippen LogP contribution in [0.5, 0.6) is 0 Å². The van der Waals surface area contributed by atoms with Crippen LogP contribution in [0.4, 0.5) is 5.69 Å². The second-order valence-corrected chi connectivity index (χ2v) is 7.56. The van der Waals surface area contributed by atoms with Crippen molar-refractivity contribution in [3.63, 3.8) is 0 Å². The summed E-state index contributed by atoms with van der Waals surface area (Å²) in [6.45, 7) is 4.67. The van der Waals surface area contributed by atoms with Crippen molar-refractivity contribution < 1.29 is 0 Å². The Labute approximate surface area is 147 Å². The number of hydrogen-bond acceptors (Lipinski definition) is 1. The highest BCUT2D eigenvalue weighted by Gasteiger charge is 2.26. The lowest BCUT2D eigenvalue weighted by molar-refractivity contribution is 0.291. The summed E-state index contributed by atoms with van der Waals surface area (Å²) in [5.74, 6) is 2.22. The number of rotatable bonds is 5. The van der Waals surface area contributed by atoms with E-state index in [0.717, 1.165) is 17.5 Å². The lowest BCUT2D eigenvalue weighted by Gasteiger charge is -2.33. The van der Waals surface area contributed by atoms with E-state index in [9.17, 15) is 0 Å². The monoisotopic (exact) mass is 321 g/mol. The molecule has 0 spiro atoms. The first-order valence-electron chi connectivity index (χ1n) is 9.61. The fraction of sp³-hybridized carbons (Fsp3) is 0.478. The summed E-state index contributed by atoms with van der Waals surface area (Å²) in [6, 6.07) is 17.9. The van der Waals surface area contributed by atoms with Gasteiger partial charge in [0.15, 0.2) is 0 Å². The molecule has 3 rings (SSSR count). The van der Waals surface area contributed by atoms with E-state index in [1.807, 2.05) is 12.1 Å². The molecule has 1 saturated carbocycles. The van der Waals surface area contributed by atoms with E-state index in [4.69, 9.17) is 5.73 Å². The van der Waals surface area contributed by atoms with Gasteiger partial charge in [-0.15, -0.1) is 0 Å². The topological polar surface area (TPSA) is 26.0 Å². The molecule has 2 N–H and O–H groups in total. The average Bonchev–Trinajstić information content (AvgIpc) is 2.63. The minimum absolute atomic E-state index is 0.674. The molecule has 0 heterocycles. The van der Waals surface area contributed by atoms with Crippen molar-refractivity contribution in [1.82, 2.24) is 0 Å². The predicted octanol–water partition coefficient (Wildman–Crippen LogP) is 6.30. The fourth-order valence-corrected chi connectivity index (χ4v) is 4.27. The quantitative estimate of drug-likeness (QED) is 0.643. The molecule has 0 saturated heterocycles. The predicted molar refractivity (Wildman–Crippen MR) is 104 cm³/mol. The van der Waals surface area contributed by atoms with Crippen LogP contribution in [0, 0.1) is 5.92 Å². The maximum Gasteiger partial charge on any atom is 0.0314 e. The Morgan fingerprint density at radius 1 is 0.917 bits per heavy atom. The highest BCUT2D eigenvalue weighted by atomic mass is 14.5. The van der Waals surface area contributed by atoms with Crippen molar-refractivity contribution in [3.05, 3.63) is 65.2 Å². The van der Waals surface area contributed by atoms with Gasteiger partial charge in [0.2, 0.25) is 0 Å². The SMILES string of the molecule is CCCc1ccc(C(C)C2CCC(c3ccc(N)cc3)CC2)cc1. The molecule has 24 heavy (non-hydrogen) atoms. The molecular weight excluding hydrogens is 290 g/mol. The molecule has 1 nitrogen and oxygen atoms in total. The Balaban J connectivity index is 1.58. The molecule has 128 valence electrons. The molecule has 2 aromatic rings. The number of nitrogen functional groups attached to an aromatic ring is 1. The third kappa shape index (κ3) is 4.01. The van der Waals surface area contributed by atoms with Crippen LogP contribution in [0.15, 0.2) is 48.5 Å². The maximum atomic E-state index is 5.81. The van der Waals surface area contributed by atoms with E-state index >= 15 is 0 Å². The van der Waals surface area contributed by atoms with Gasteiger partial charge < -0.3 is 5.73 Å². The van der Waals surface area contributed by atoms with Crippen LogP contribution >= 0.6 is 0 Å². The third-order valence-electron chi connectivity index (χ3n) is 5.93. The van der Waals surface area contributed by atoms with Crippen LogP contribution in [0.25, 0.3) is 0 Å². The van der Waals surface area contributed by atoms with Gasteiger partial charge in [0.25, 0.3) is 0 Å². The molecule has 0 radical (unpaired) electrons. The Morgan fingerprint density at radius 2 is 1.54 bits per heavy atom. The average molecular weight is 322 g/mol. The Bertz CT molecular complexity index is 618. The van der Waals surface area contributed by atoms with Crippen molar-refractivity contribution in [2.24, 2.45) is 5.92 Å². The molecule has 2 aromatic carbocycles. The lowest BCUT2D eigenvalue weighted by Crippen LogP contribution is -2.18. The minimum atomic E-state index is 0.674. The van der Waals surface area contributed by atoms with Gasteiger partial charge >= 0.3 is 0 Å². The lowest BCUT2D eigenvalue weighted by atomic mass is 9.72. The van der Waals surface area contributed by atoms with E-state index in [0.29, 0.717) is 5.92 Å². The molecule has 0 aromatic heterocycles. The number of benzene rings is 2. The smallest absolute Gasteiger partial charge is 0.0314 e. The fourth-order valence-electron chi connectivity index (χ4n) is 4.27. The van der Waals surface area contributed by atoms with Gasteiger partial charge in [0, 0.05) is 5.69 Å². The van der Waals surface area contributed by atoms with Crippen LogP contribution in [0.1, 0.15) is 74.5 Å². The molecule has 0 aliphatic heterocycles. The Hall–Kier alpha value is -1.76. The van der Waals surface area contributed by atoms with Crippen LogP contribution in [-0.2, 0) is 6.42 Å². The van der Waals surface area contributed by atoms with E-state index in [1.165, 1.54) is 55.2 Å². The van der Waals surface area contributed by atoms with Crippen LogP contribution < -0.4 is 5.73 Å². The van der Waals surface area contributed by atoms with Crippen LogP contribution in [0.3, 0.4) is 0 Å². The van der Waals surface area contributed by atoms with Crippen LogP contribution in [-0.4, -0.2) is 0 Å². The molecule has 1 fully saturated rings. The first kappa shape index (κ1) is 17.1. The van der Waals surface area contributed by atoms with E-state index in [-0.39, 0.29) is 0 Å². The van der Waals surface area contributed by atoms with Crippen molar-refractivity contribution in [2.75, 3.05) is 5.73 Å². The van der Waals surface area contributed by atoms with E-state index < -0.39 is 0 Å². The largest absolute Gasteiger partial charge is 0.399 e. The number of hydrogen-bond donors (Lipinski definition) is 1. The van der Waals surface area contributed by atoms with Gasteiger partial charge in [-0.1, -0.05) is 56.7 Å². The molecule has 1 heteroatoms. The molecule has 1 unspecified atom stereocenters. The molecule has 1 aliphatic rings. The number of aryl methyl sites for hydroxylation is 1. The molecule has 1 atom stereocenters. The normalized spacial score (nSPS) is 22.2. The summed E-state index contributed by atoms with van der Waals surface area (Å²) in [5, 5.41) is 0. The van der Waals surface area contributed by atoms with Gasteiger partial charge in [0.1, 0.15) is 0 Å². The van der Waals surface area contributed by atoms with Crippen molar-refractivity contribution in [3.8, 4) is 0 Å². The van der Waals surface area contributed by atoms with Gasteiger partial charge in [0.05, 0.1) is 0 Å². The summed E-state index contributed by atoms with van der Waals surface area (Å²) in [4.78, 5) is 0. The second-order valence-electron chi connectivity index (χ2n) is 7.56.